The summed E-state index contributed by atoms with van der Waals surface area (Å²) >= 11 is 0. The second kappa shape index (κ2) is 10.4. The molecule has 0 aromatic carbocycles. The minimum absolute atomic E-state index is 0. The van der Waals surface area contributed by atoms with Crippen molar-refractivity contribution < 1.29 is 4.79 Å². The second-order valence-electron chi connectivity index (χ2n) is 2.45. The van der Waals surface area contributed by atoms with Crippen LogP contribution in [0.25, 0.3) is 0 Å². The number of nitrogens with zero attached hydrogens (tertiary/aromatic N) is 1. The maximum Gasteiger partial charge on any atom is 0.207 e. The topological polar surface area (TPSA) is 32.3 Å². The summed E-state index contributed by atoms with van der Waals surface area (Å²) in [5.41, 5.74) is 0. The Morgan fingerprint density at radius 2 is 1.92 bits per heavy atom. The number of carbonyl (C=O) groups is 1. The molecule has 0 heterocycles. The molecule has 0 aromatic heterocycles. The average molecular weight is 174 g/mol. The molecule has 0 rings (SSSR count). The van der Waals surface area contributed by atoms with Crippen LogP contribution in [0.1, 0.15) is 27.7 Å². The van der Waals surface area contributed by atoms with Crippen molar-refractivity contribution in [3.05, 3.63) is 0 Å². The highest BCUT2D eigenvalue weighted by Gasteiger charge is 1.96. The Labute approximate surface area is 76.1 Å². The molecule has 0 bridgehead atoms. The molecule has 0 aliphatic rings. The van der Waals surface area contributed by atoms with Crippen LogP contribution in [-0.4, -0.2) is 37.5 Å². The van der Waals surface area contributed by atoms with E-state index in [1.807, 2.05) is 0 Å². The van der Waals surface area contributed by atoms with Gasteiger partial charge in [0.1, 0.15) is 0 Å². The molecule has 0 aliphatic carbocycles. The predicted octanol–water partition coefficient (Wildman–Crippen LogP) is 1.10. The van der Waals surface area contributed by atoms with Crippen molar-refractivity contribution in [1.82, 2.24) is 10.2 Å². The van der Waals surface area contributed by atoms with E-state index in [2.05, 4.69) is 24.1 Å². The first-order valence-electron chi connectivity index (χ1n) is 4.24. The number of rotatable bonds is 7. The van der Waals surface area contributed by atoms with Crippen molar-refractivity contribution in [1.29, 1.82) is 0 Å². The van der Waals surface area contributed by atoms with E-state index in [9.17, 15) is 4.79 Å². The van der Waals surface area contributed by atoms with Crippen LogP contribution in [0.5, 0.6) is 0 Å². The van der Waals surface area contributed by atoms with Gasteiger partial charge in [0.25, 0.3) is 0 Å². The van der Waals surface area contributed by atoms with E-state index in [1.165, 1.54) is 0 Å². The number of hydrogen-bond donors (Lipinski definition) is 1. The first-order valence-corrected chi connectivity index (χ1v) is 4.24. The van der Waals surface area contributed by atoms with Gasteiger partial charge in [-0.2, -0.15) is 0 Å². The van der Waals surface area contributed by atoms with Gasteiger partial charge in [-0.3, -0.25) is 4.79 Å². The van der Waals surface area contributed by atoms with Gasteiger partial charge < -0.3 is 10.2 Å². The normalized spacial score (nSPS) is 9.25. The Balaban J connectivity index is 0. The standard InChI is InChI=1S/C8H18N2O.CH4/c1-3-10(4-2)7-5-6-9-8-11;/h8H,3-7H2,1-2H3,(H,9,11);1H4. The summed E-state index contributed by atoms with van der Waals surface area (Å²) in [5.74, 6) is 0. The molecule has 3 heteroatoms. The van der Waals surface area contributed by atoms with E-state index in [0.717, 1.165) is 39.0 Å². The Morgan fingerprint density at radius 3 is 2.33 bits per heavy atom. The van der Waals surface area contributed by atoms with E-state index in [1.54, 1.807) is 0 Å². The fourth-order valence-corrected chi connectivity index (χ4v) is 1.00. The number of nitrogens with one attached hydrogen (secondary N) is 1. The molecule has 0 aliphatic heterocycles. The Bertz CT molecular complexity index is 92.5. The van der Waals surface area contributed by atoms with Crippen LogP contribution in [0, 0.1) is 0 Å². The van der Waals surface area contributed by atoms with Crippen molar-refractivity contribution in [3.63, 3.8) is 0 Å². The van der Waals surface area contributed by atoms with Crippen LogP contribution in [-0.2, 0) is 4.79 Å². The van der Waals surface area contributed by atoms with Gasteiger partial charge in [-0.25, -0.2) is 0 Å². The van der Waals surface area contributed by atoms with Crippen LogP contribution in [0.3, 0.4) is 0 Å². The van der Waals surface area contributed by atoms with E-state index in [4.69, 9.17) is 0 Å². The molecule has 1 N–H and O–H groups in total. The summed E-state index contributed by atoms with van der Waals surface area (Å²) in [6, 6.07) is 0. The summed E-state index contributed by atoms with van der Waals surface area (Å²) in [5, 5.41) is 2.64. The molecule has 0 atom stereocenters. The van der Waals surface area contributed by atoms with Crippen molar-refractivity contribution in [3.8, 4) is 0 Å². The largest absolute Gasteiger partial charge is 0.359 e. The smallest absolute Gasteiger partial charge is 0.207 e. The molecule has 0 radical (unpaired) electrons. The monoisotopic (exact) mass is 174 g/mol. The number of hydrogen-bond acceptors (Lipinski definition) is 2. The molecule has 74 valence electrons. The van der Waals surface area contributed by atoms with E-state index < -0.39 is 0 Å². The SMILES string of the molecule is C.CCN(CC)CCCNC=O. The molecule has 0 spiro atoms. The summed E-state index contributed by atoms with van der Waals surface area (Å²) in [7, 11) is 0. The van der Waals surface area contributed by atoms with Crippen molar-refractivity contribution in [2.24, 2.45) is 0 Å². The minimum Gasteiger partial charge on any atom is -0.359 e. The molecular formula is C9H22N2O. The number of carbonyl (C=O) groups excluding carboxylic acids is 1. The van der Waals surface area contributed by atoms with E-state index in [-0.39, 0.29) is 7.43 Å². The first-order chi connectivity index (χ1) is 5.35. The van der Waals surface area contributed by atoms with Gasteiger partial charge in [-0.1, -0.05) is 21.3 Å². The predicted molar refractivity (Wildman–Crippen MR) is 53.2 cm³/mol. The lowest BCUT2D eigenvalue weighted by Gasteiger charge is -2.17. The molecule has 0 unspecified atom stereocenters. The maximum absolute atomic E-state index is 9.86. The zero-order chi connectivity index (χ0) is 8.53. The van der Waals surface area contributed by atoms with Gasteiger partial charge in [0, 0.05) is 6.54 Å². The molecule has 0 saturated carbocycles. The molecule has 0 fully saturated rings. The van der Waals surface area contributed by atoms with Gasteiger partial charge in [0.2, 0.25) is 6.41 Å². The van der Waals surface area contributed by atoms with Gasteiger partial charge >= 0.3 is 0 Å². The van der Waals surface area contributed by atoms with Crippen molar-refractivity contribution in [2.45, 2.75) is 27.7 Å². The molecule has 0 aromatic rings. The molecule has 0 saturated heterocycles. The van der Waals surface area contributed by atoms with Gasteiger partial charge in [-0.05, 0) is 26.1 Å². The third kappa shape index (κ3) is 7.54. The van der Waals surface area contributed by atoms with Crippen LogP contribution in [0.2, 0.25) is 0 Å². The highest BCUT2D eigenvalue weighted by Crippen LogP contribution is 1.88. The molecular weight excluding hydrogens is 152 g/mol. The summed E-state index contributed by atoms with van der Waals surface area (Å²) < 4.78 is 0. The maximum atomic E-state index is 9.86. The highest BCUT2D eigenvalue weighted by atomic mass is 16.1. The number of amides is 1. The van der Waals surface area contributed by atoms with Crippen LogP contribution < -0.4 is 5.32 Å². The first kappa shape index (κ1) is 14.0. The molecule has 12 heavy (non-hydrogen) atoms. The molecule has 3 nitrogen and oxygen atoms in total. The van der Waals surface area contributed by atoms with Gasteiger partial charge in [-0.15, -0.1) is 0 Å². The fourth-order valence-electron chi connectivity index (χ4n) is 1.00. The zero-order valence-corrected chi connectivity index (χ0v) is 7.47. The van der Waals surface area contributed by atoms with Crippen LogP contribution in [0.4, 0.5) is 0 Å². The summed E-state index contributed by atoms with van der Waals surface area (Å²) in [6.45, 7) is 8.36. The third-order valence-electron chi connectivity index (χ3n) is 1.77. The highest BCUT2D eigenvalue weighted by molar-refractivity contribution is 5.45. The van der Waals surface area contributed by atoms with Crippen LogP contribution >= 0.6 is 0 Å². The molecule has 1 amide bonds. The lowest BCUT2D eigenvalue weighted by atomic mass is 10.3. The summed E-state index contributed by atoms with van der Waals surface area (Å²) in [4.78, 5) is 12.2. The minimum atomic E-state index is 0. The van der Waals surface area contributed by atoms with E-state index >= 15 is 0 Å². The van der Waals surface area contributed by atoms with Gasteiger partial charge in [0.15, 0.2) is 0 Å². The Morgan fingerprint density at radius 1 is 1.33 bits per heavy atom. The zero-order valence-electron chi connectivity index (χ0n) is 7.47. The Kier molecular flexibility index (Phi) is 12.2. The van der Waals surface area contributed by atoms with Crippen LogP contribution in [0.15, 0.2) is 0 Å². The lowest BCUT2D eigenvalue weighted by Crippen LogP contribution is -2.26. The fraction of sp³-hybridized carbons (Fsp3) is 0.889. The lowest BCUT2D eigenvalue weighted by molar-refractivity contribution is -0.109. The Hall–Kier alpha value is -0.570. The summed E-state index contributed by atoms with van der Waals surface area (Å²) in [6.07, 6.45) is 1.79. The third-order valence-corrected chi connectivity index (χ3v) is 1.77. The van der Waals surface area contributed by atoms with Crippen molar-refractivity contribution >= 4 is 6.41 Å². The van der Waals surface area contributed by atoms with Crippen molar-refractivity contribution in [2.75, 3.05) is 26.2 Å². The quantitative estimate of drug-likeness (QED) is 0.463. The second-order valence-corrected chi connectivity index (χ2v) is 2.45. The average Bonchev–Trinajstić information content (AvgIpc) is 2.05. The van der Waals surface area contributed by atoms with Gasteiger partial charge in [0.05, 0.1) is 0 Å². The van der Waals surface area contributed by atoms with E-state index in [0.29, 0.717) is 0 Å².